The smallest absolute Gasteiger partial charge is 0.320 e. The number of piperidine rings is 1. The van der Waals surface area contributed by atoms with Gasteiger partial charge in [0.05, 0.1) is 11.3 Å². The quantitative estimate of drug-likeness (QED) is 0.533. The third-order valence-corrected chi connectivity index (χ3v) is 7.49. The fourth-order valence-corrected chi connectivity index (χ4v) is 5.57. The number of urea groups is 1. The van der Waals surface area contributed by atoms with Gasteiger partial charge in [-0.3, -0.25) is 4.79 Å². The molecule has 7 nitrogen and oxygen atoms in total. The molecular weight excluding hydrogens is 470 g/mol. The number of carbonyl (C=O) groups excluding carboxylic acids is 2. The number of likely N-dealkylation sites (tertiary alicyclic amines) is 1. The van der Waals surface area contributed by atoms with Crippen molar-refractivity contribution in [3.05, 3.63) is 50.4 Å². The Balaban J connectivity index is 1.49. The van der Waals surface area contributed by atoms with Crippen molar-refractivity contribution in [2.75, 3.05) is 33.7 Å². The summed E-state index contributed by atoms with van der Waals surface area (Å²) in [4.78, 5) is 35.9. The number of rotatable bonds is 8. The number of pyridine rings is 1. The van der Waals surface area contributed by atoms with Crippen LogP contribution in [-0.2, 0) is 6.54 Å². The first-order chi connectivity index (χ1) is 16.2. The summed E-state index contributed by atoms with van der Waals surface area (Å²) in [7, 11) is 3.63. The lowest BCUT2D eigenvalue weighted by Gasteiger charge is -2.41. The maximum atomic E-state index is 12.9. The van der Waals surface area contributed by atoms with Gasteiger partial charge < -0.3 is 20.0 Å². The molecule has 2 aromatic rings. The Labute approximate surface area is 212 Å². The van der Waals surface area contributed by atoms with Gasteiger partial charge in [0.1, 0.15) is 5.15 Å². The van der Waals surface area contributed by atoms with E-state index in [1.807, 2.05) is 32.8 Å². The molecule has 1 aliphatic rings. The predicted octanol–water partition coefficient (Wildman–Crippen LogP) is 4.57. The predicted molar refractivity (Wildman–Crippen MR) is 139 cm³/mol. The molecule has 2 aromatic heterocycles. The minimum Gasteiger partial charge on any atom is -0.352 e. The minimum absolute atomic E-state index is 0.0719. The molecule has 0 spiro atoms. The molecule has 1 fully saturated rings. The van der Waals surface area contributed by atoms with E-state index < -0.39 is 0 Å². The highest BCUT2D eigenvalue weighted by Crippen LogP contribution is 2.23. The summed E-state index contributed by atoms with van der Waals surface area (Å²) in [5.74, 6) is -0.101. The van der Waals surface area contributed by atoms with Crippen LogP contribution < -0.4 is 5.32 Å². The molecule has 1 saturated heterocycles. The van der Waals surface area contributed by atoms with Crippen LogP contribution in [0.15, 0.2) is 22.9 Å². The molecule has 0 unspecified atom stereocenters. The van der Waals surface area contributed by atoms with E-state index in [4.69, 9.17) is 11.6 Å². The van der Waals surface area contributed by atoms with Gasteiger partial charge in [-0.1, -0.05) is 11.6 Å². The van der Waals surface area contributed by atoms with Gasteiger partial charge in [0.25, 0.3) is 5.91 Å². The summed E-state index contributed by atoms with van der Waals surface area (Å²) in [5, 5.41) is 7.62. The lowest BCUT2D eigenvalue weighted by Crippen LogP contribution is -2.51. The van der Waals surface area contributed by atoms with Gasteiger partial charge in [-0.2, -0.15) is 11.3 Å². The Morgan fingerprint density at radius 2 is 2.00 bits per heavy atom. The van der Waals surface area contributed by atoms with Crippen molar-refractivity contribution in [2.45, 2.75) is 58.7 Å². The monoisotopic (exact) mass is 505 g/mol. The normalized spacial score (nSPS) is 15.7. The van der Waals surface area contributed by atoms with Gasteiger partial charge in [0.15, 0.2) is 0 Å². The van der Waals surface area contributed by atoms with Gasteiger partial charge in [-0.15, -0.1) is 0 Å². The zero-order chi connectivity index (χ0) is 24.8. The average Bonchev–Trinajstić information content (AvgIpc) is 3.29. The van der Waals surface area contributed by atoms with Crippen molar-refractivity contribution in [1.82, 2.24) is 25.0 Å². The van der Waals surface area contributed by atoms with Gasteiger partial charge in [0, 0.05) is 52.4 Å². The molecule has 1 N–H and O–H groups in total. The summed E-state index contributed by atoms with van der Waals surface area (Å²) in [6, 6.07) is 4.47. The van der Waals surface area contributed by atoms with E-state index in [1.54, 1.807) is 22.3 Å². The van der Waals surface area contributed by atoms with E-state index in [0.29, 0.717) is 35.5 Å². The average molecular weight is 506 g/mol. The van der Waals surface area contributed by atoms with Crippen molar-refractivity contribution >= 4 is 34.9 Å². The molecule has 3 heterocycles. The van der Waals surface area contributed by atoms with Crippen LogP contribution in [0.1, 0.15) is 53.4 Å². The van der Waals surface area contributed by atoms with Gasteiger partial charge in [-0.05, 0) is 74.1 Å². The van der Waals surface area contributed by atoms with Crippen LogP contribution >= 0.6 is 22.9 Å². The highest BCUT2D eigenvalue weighted by atomic mass is 35.5. The lowest BCUT2D eigenvalue weighted by atomic mass is 10.0. The maximum absolute atomic E-state index is 12.9. The van der Waals surface area contributed by atoms with Crippen molar-refractivity contribution in [3.63, 3.8) is 0 Å². The summed E-state index contributed by atoms with van der Waals surface area (Å²) in [6.45, 7) is 9.05. The van der Waals surface area contributed by atoms with Crippen LogP contribution in [0.3, 0.4) is 0 Å². The SMILES string of the molecule is Cc1cc(Cl)nc(C)c1C(=O)NCC[C@@H](C)N1CCC(N(Cc2ccsc2)C(=O)N(C)C)CC1. The fraction of sp³-hybridized carbons (Fsp3) is 0.560. The second-order valence-electron chi connectivity index (χ2n) is 9.32. The largest absolute Gasteiger partial charge is 0.352 e. The van der Waals surface area contributed by atoms with E-state index in [0.717, 1.165) is 37.9 Å². The Hall–Kier alpha value is -2.16. The standard InChI is InChI=1S/C25H36ClN5O2S/c1-17-14-22(26)28-19(3)23(17)24(32)27-10-6-18(2)30-11-7-21(8-12-30)31(25(33)29(4)5)15-20-9-13-34-16-20/h9,13-14,16,18,21H,6-8,10-12,15H2,1-5H3,(H,27,32)/t18-/m1/s1. The molecule has 1 aliphatic heterocycles. The van der Waals surface area contributed by atoms with Crippen LogP contribution in [0.4, 0.5) is 4.79 Å². The Morgan fingerprint density at radius 1 is 1.29 bits per heavy atom. The molecule has 0 saturated carbocycles. The number of aromatic nitrogens is 1. The van der Waals surface area contributed by atoms with Crippen LogP contribution in [0.5, 0.6) is 0 Å². The van der Waals surface area contributed by atoms with E-state index in [9.17, 15) is 9.59 Å². The van der Waals surface area contributed by atoms with Gasteiger partial charge in [-0.25, -0.2) is 9.78 Å². The number of thiophene rings is 1. The molecular formula is C25H36ClN5O2S. The summed E-state index contributed by atoms with van der Waals surface area (Å²) < 4.78 is 0. The second kappa shape index (κ2) is 12.0. The number of hydrogen-bond acceptors (Lipinski definition) is 5. The first kappa shape index (κ1) is 26.4. The van der Waals surface area contributed by atoms with Crippen molar-refractivity contribution in [2.24, 2.45) is 0 Å². The van der Waals surface area contributed by atoms with E-state index in [1.165, 1.54) is 5.56 Å². The highest BCUT2D eigenvalue weighted by Gasteiger charge is 2.30. The first-order valence-electron chi connectivity index (χ1n) is 11.8. The lowest BCUT2D eigenvalue weighted by molar-refractivity contribution is 0.0841. The first-order valence-corrected chi connectivity index (χ1v) is 13.1. The topological polar surface area (TPSA) is 68.8 Å². The number of nitrogens with one attached hydrogen (secondary N) is 1. The molecule has 9 heteroatoms. The molecule has 34 heavy (non-hydrogen) atoms. The number of carbonyl (C=O) groups is 2. The second-order valence-corrected chi connectivity index (χ2v) is 10.5. The summed E-state index contributed by atoms with van der Waals surface area (Å²) in [5.41, 5.74) is 3.28. The van der Waals surface area contributed by atoms with Crippen molar-refractivity contribution < 1.29 is 9.59 Å². The van der Waals surface area contributed by atoms with Gasteiger partial charge >= 0.3 is 6.03 Å². The fourth-order valence-electron chi connectivity index (χ4n) is 4.62. The van der Waals surface area contributed by atoms with Crippen LogP contribution in [0, 0.1) is 13.8 Å². The molecule has 0 aromatic carbocycles. The zero-order valence-electron chi connectivity index (χ0n) is 20.8. The number of nitrogens with zero attached hydrogens (tertiary/aromatic N) is 4. The molecule has 0 radical (unpaired) electrons. The Kier molecular flexibility index (Phi) is 9.33. The number of aryl methyl sites for hydroxylation is 2. The number of amides is 3. The molecule has 3 rings (SSSR count). The van der Waals surface area contributed by atoms with E-state index in [2.05, 4.69) is 39.0 Å². The van der Waals surface area contributed by atoms with Crippen LogP contribution in [-0.4, -0.2) is 77.4 Å². The van der Waals surface area contributed by atoms with E-state index in [-0.39, 0.29) is 18.0 Å². The van der Waals surface area contributed by atoms with Crippen LogP contribution in [0.25, 0.3) is 0 Å². The van der Waals surface area contributed by atoms with E-state index >= 15 is 0 Å². The molecule has 1 atom stereocenters. The highest BCUT2D eigenvalue weighted by molar-refractivity contribution is 7.07. The number of halogens is 1. The van der Waals surface area contributed by atoms with Gasteiger partial charge in [0.2, 0.25) is 0 Å². The third-order valence-electron chi connectivity index (χ3n) is 6.57. The third kappa shape index (κ3) is 6.71. The Bertz CT molecular complexity index is 951. The number of hydrogen-bond donors (Lipinski definition) is 1. The molecule has 186 valence electrons. The molecule has 3 amide bonds. The van der Waals surface area contributed by atoms with Crippen LogP contribution in [0.2, 0.25) is 5.15 Å². The van der Waals surface area contributed by atoms with Crippen molar-refractivity contribution in [1.29, 1.82) is 0 Å². The zero-order valence-corrected chi connectivity index (χ0v) is 22.4. The molecule has 0 aliphatic carbocycles. The maximum Gasteiger partial charge on any atom is 0.320 e. The summed E-state index contributed by atoms with van der Waals surface area (Å²) in [6.07, 6.45) is 2.77. The minimum atomic E-state index is -0.101. The molecule has 0 bridgehead atoms. The summed E-state index contributed by atoms with van der Waals surface area (Å²) >= 11 is 7.65. The van der Waals surface area contributed by atoms with Crippen molar-refractivity contribution in [3.8, 4) is 0 Å². The Morgan fingerprint density at radius 3 is 2.59 bits per heavy atom.